The summed E-state index contributed by atoms with van der Waals surface area (Å²) in [5.74, 6) is 0.433. The minimum Gasteiger partial charge on any atom is -0.338 e. The first-order valence-corrected chi connectivity index (χ1v) is 7.29. The lowest BCUT2D eigenvalue weighted by Crippen LogP contribution is -2.45. The van der Waals surface area contributed by atoms with E-state index in [0.717, 1.165) is 26.2 Å². The molecule has 1 aliphatic heterocycles. The van der Waals surface area contributed by atoms with Crippen molar-refractivity contribution in [3.8, 4) is 0 Å². The Morgan fingerprint density at radius 2 is 1.96 bits per heavy atom. The molecule has 2 heterocycles. The Morgan fingerprint density at radius 3 is 2.65 bits per heavy atom. The van der Waals surface area contributed by atoms with Crippen LogP contribution in [-0.4, -0.2) is 46.3 Å². The first kappa shape index (κ1) is 15.1. The minimum absolute atomic E-state index is 0.0279. The van der Waals surface area contributed by atoms with Gasteiger partial charge in [0, 0.05) is 44.2 Å². The van der Waals surface area contributed by atoms with Crippen LogP contribution in [0.5, 0.6) is 0 Å². The summed E-state index contributed by atoms with van der Waals surface area (Å²) in [5.41, 5.74) is 0.206. The van der Waals surface area contributed by atoms with Crippen LogP contribution in [-0.2, 0) is 6.42 Å². The molecule has 9 heteroatoms. The van der Waals surface area contributed by atoms with Gasteiger partial charge in [-0.15, -0.1) is 10.2 Å². The van der Waals surface area contributed by atoms with Crippen molar-refractivity contribution in [1.29, 1.82) is 0 Å². The molecule has 0 unspecified atom stereocenters. The summed E-state index contributed by atoms with van der Waals surface area (Å²) in [6, 6.07) is 6.31. The van der Waals surface area contributed by atoms with Crippen molar-refractivity contribution >= 4 is 11.6 Å². The van der Waals surface area contributed by atoms with Crippen molar-refractivity contribution < 1.29 is 4.92 Å². The van der Waals surface area contributed by atoms with Gasteiger partial charge < -0.3 is 10.2 Å². The van der Waals surface area contributed by atoms with Gasteiger partial charge in [0.2, 0.25) is 5.95 Å². The zero-order valence-electron chi connectivity index (χ0n) is 12.4. The molecule has 0 radical (unpaired) electrons. The lowest BCUT2D eigenvalue weighted by Gasteiger charge is -2.27. The number of benzene rings is 1. The molecule has 1 saturated heterocycles. The molecule has 9 nitrogen and oxygen atoms in total. The van der Waals surface area contributed by atoms with Gasteiger partial charge in [0.1, 0.15) is 5.69 Å². The van der Waals surface area contributed by atoms with Crippen molar-refractivity contribution in [2.24, 2.45) is 0 Å². The number of anilines is 1. The summed E-state index contributed by atoms with van der Waals surface area (Å²) in [6.07, 6.45) is 0.0708. The Morgan fingerprint density at radius 1 is 1.22 bits per heavy atom. The van der Waals surface area contributed by atoms with E-state index in [-0.39, 0.29) is 23.4 Å². The third kappa shape index (κ3) is 3.34. The standard InChI is InChI=1S/C14H16N6O3/c21-13-11(9-10-3-1-2-4-12(10)20(22)23)17-18-14(16-13)19-7-5-15-6-8-19/h1-4,15H,5-9H2,(H,16,18,21). The van der Waals surface area contributed by atoms with Crippen LogP contribution >= 0.6 is 0 Å². The third-order valence-electron chi connectivity index (χ3n) is 3.72. The van der Waals surface area contributed by atoms with Gasteiger partial charge in [-0.25, -0.2) is 0 Å². The maximum Gasteiger partial charge on any atom is 0.274 e. The van der Waals surface area contributed by atoms with Crippen molar-refractivity contribution in [2.75, 3.05) is 31.1 Å². The number of aromatic nitrogens is 3. The summed E-state index contributed by atoms with van der Waals surface area (Å²) in [7, 11) is 0. The highest BCUT2D eigenvalue weighted by molar-refractivity contribution is 5.42. The molecule has 1 aliphatic rings. The largest absolute Gasteiger partial charge is 0.338 e. The highest BCUT2D eigenvalue weighted by Crippen LogP contribution is 2.19. The van der Waals surface area contributed by atoms with Crippen molar-refractivity contribution in [3.63, 3.8) is 0 Å². The quantitative estimate of drug-likeness (QED) is 0.605. The van der Waals surface area contributed by atoms with E-state index in [9.17, 15) is 14.9 Å². The molecule has 120 valence electrons. The van der Waals surface area contributed by atoms with Gasteiger partial charge in [0.05, 0.1) is 4.92 Å². The SMILES string of the molecule is O=c1[nH]c(N2CCNCC2)nnc1Cc1ccccc1[N+](=O)[O-]. The van der Waals surface area contributed by atoms with Crippen LogP contribution in [0.15, 0.2) is 29.1 Å². The van der Waals surface area contributed by atoms with E-state index in [4.69, 9.17) is 0 Å². The fourth-order valence-electron chi connectivity index (χ4n) is 2.51. The molecular weight excluding hydrogens is 300 g/mol. The zero-order valence-corrected chi connectivity index (χ0v) is 12.4. The molecule has 0 amide bonds. The van der Waals surface area contributed by atoms with E-state index in [1.54, 1.807) is 18.2 Å². The van der Waals surface area contributed by atoms with Gasteiger partial charge in [0.25, 0.3) is 11.2 Å². The van der Waals surface area contributed by atoms with Crippen LogP contribution in [0.1, 0.15) is 11.3 Å². The van der Waals surface area contributed by atoms with E-state index in [2.05, 4.69) is 20.5 Å². The lowest BCUT2D eigenvalue weighted by molar-refractivity contribution is -0.385. The smallest absolute Gasteiger partial charge is 0.274 e. The highest BCUT2D eigenvalue weighted by Gasteiger charge is 2.17. The third-order valence-corrected chi connectivity index (χ3v) is 3.72. The number of hydrogen-bond acceptors (Lipinski definition) is 7. The van der Waals surface area contributed by atoms with Crippen molar-refractivity contribution in [2.45, 2.75) is 6.42 Å². The van der Waals surface area contributed by atoms with E-state index in [1.165, 1.54) is 6.07 Å². The number of nitro benzene ring substituents is 1. The molecule has 23 heavy (non-hydrogen) atoms. The van der Waals surface area contributed by atoms with Crippen molar-refractivity contribution in [3.05, 3.63) is 56.0 Å². The molecule has 0 saturated carbocycles. The minimum atomic E-state index is -0.466. The molecule has 2 N–H and O–H groups in total. The average molecular weight is 316 g/mol. The second-order valence-corrected chi connectivity index (χ2v) is 5.22. The number of hydrogen-bond donors (Lipinski definition) is 2. The average Bonchev–Trinajstić information content (AvgIpc) is 2.58. The lowest BCUT2D eigenvalue weighted by atomic mass is 10.1. The highest BCUT2D eigenvalue weighted by atomic mass is 16.6. The zero-order chi connectivity index (χ0) is 16.2. The molecule has 0 spiro atoms. The predicted molar refractivity (Wildman–Crippen MR) is 83.6 cm³/mol. The number of rotatable bonds is 4. The van der Waals surface area contributed by atoms with E-state index in [1.807, 2.05) is 4.90 Å². The molecular formula is C14H16N6O3. The second kappa shape index (κ2) is 6.53. The Bertz CT molecular complexity index is 769. The molecule has 1 aromatic heterocycles. The Hall–Kier alpha value is -2.81. The predicted octanol–water partition coefficient (Wildman–Crippen LogP) is 0.0735. The van der Waals surface area contributed by atoms with Crippen molar-refractivity contribution in [1.82, 2.24) is 20.5 Å². The summed E-state index contributed by atoms with van der Waals surface area (Å²) in [4.78, 5) is 27.4. The van der Waals surface area contributed by atoms with Crippen LogP contribution in [0, 0.1) is 10.1 Å². The summed E-state index contributed by atoms with van der Waals surface area (Å²) in [6.45, 7) is 3.13. The summed E-state index contributed by atoms with van der Waals surface area (Å²) in [5, 5.41) is 22.3. The molecule has 2 aromatic rings. The molecule has 1 aromatic carbocycles. The maximum absolute atomic E-state index is 12.2. The number of aromatic amines is 1. The van der Waals surface area contributed by atoms with Crippen LogP contribution in [0.4, 0.5) is 11.6 Å². The molecule has 0 atom stereocenters. The van der Waals surface area contributed by atoms with Crippen LogP contribution in [0.3, 0.4) is 0 Å². The first-order valence-electron chi connectivity index (χ1n) is 7.29. The Kier molecular flexibility index (Phi) is 4.29. The first-order chi connectivity index (χ1) is 11.1. The van der Waals surface area contributed by atoms with E-state index in [0.29, 0.717) is 11.5 Å². The number of nitro groups is 1. The van der Waals surface area contributed by atoms with E-state index >= 15 is 0 Å². The van der Waals surface area contributed by atoms with E-state index < -0.39 is 4.92 Å². The number of piperazine rings is 1. The fraction of sp³-hybridized carbons (Fsp3) is 0.357. The normalized spacial score (nSPS) is 14.7. The van der Waals surface area contributed by atoms with Crippen LogP contribution in [0.25, 0.3) is 0 Å². The number of H-pyrrole nitrogens is 1. The number of nitrogens with zero attached hydrogens (tertiary/aromatic N) is 4. The molecule has 0 bridgehead atoms. The second-order valence-electron chi connectivity index (χ2n) is 5.22. The van der Waals surface area contributed by atoms with Gasteiger partial charge >= 0.3 is 0 Å². The molecule has 3 rings (SSSR count). The molecule has 1 fully saturated rings. The van der Waals surface area contributed by atoms with Gasteiger partial charge in [0.15, 0.2) is 0 Å². The van der Waals surface area contributed by atoms with Gasteiger partial charge in [-0.3, -0.25) is 19.9 Å². The maximum atomic E-state index is 12.2. The fourth-order valence-corrected chi connectivity index (χ4v) is 2.51. The van der Waals surface area contributed by atoms with Gasteiger partial charge in [-0.1, -0.05) is 18.2 Å². The number of para-hydroxylation sites is 1. The summed E-state index contributed by atoms with van der Waals surface area (Å²) < 4.78 is 0. The topological polar surface area (TPSA) is 117 Å². The van der Waals surface area contributed by atoms with Gasteiger partial charge in [-0.05, 0) is 0 Å². The molecule has 0 aliphatic carbocycles. The number of nitrogens with one attached hydrogen (secondary N) is 2. The summed E-state index contributed by atoms with van der Waals surface area (Å²) >= 11 is 0. The Balaban J connectivity index is 1.84. The monoisotopic (exact) mass is 316 g/mol. The van der Waals surface area contributed by atoms with Crippen LogP contribution in [0.2, 0.25) is 0 Å². The van der Waals surface area contributed by atoms with Gasteiger partial charge in [-0.2, -0.15) is 0 Å². The Labute approximate surface area is 131 Å². The van der Waals surface area contributed by atoms with Crippen LogP contribution < -0.4 is 15.8 Å².